The second-order valence-electron chi connectivity index (χ2n) is 9.28. The fraction of sp³-hybridized carbons (Fsp3) is 0.333. The van der Waals surface area contributed by atoms with Gasteiger partial charge < -0.3 is 19.3 Å². The molecule has 3 aromatic rings. The zero-order chi connectivity index (χ0) is 26.9. The van der Waals surface area contributed by atoms with Gasteiger partial charge in [0.05, 0.1) is 24.0 Å². The van der Waals surface area contributed by atoms with Crippen LogP contribution in [0.25, 0.3) is 0 Å². The Morgan fingerprint density at radius 3 is 2.21 bits per heavy atom. The summed E-state index contributed by atoms with van der Waals surface area (Å²) in [5.41, 5.74) is 3.94. The topological polar surface area (TPSA) is 105 Å². The fourth-order valence-corrected chi connectivity index (χ4v) is 6.57. The number of methoxy groups -OCH3 is 2. The maximum Gasteiger partial charge on any atom is 0.292 e. The zero-order valence-electron chi connectivity index (χ0n) is 21.4. The molecule has 0 spiro atoms. The Balaban J connectivity index is 1.34. The third-order valence-corrected chi connectivity index (χ3v) is 9.12. The number of hydrogen-bond acceptors (Lipinski definition) is 8. The van der Waals surface area contributed by atoms with E-state index in [2.05, 4.69) is 21.9 Å². The molecule has 0 aromatic heterocycles. The highest BCUT2D eigenvalue weighted by Crippen LogP contribution is 2.36. The monoisotopic (exact) mass is 538 g/mol. The van der Waals surface area contributed by atoms with Crippen LogP contribution in [-0.4, -0.2) is 64.6 Å². The van der Waals surface area contributed by atoms with E-state index in [0.717, 1.165) is 12.1 Å². The first kappa shape index (κ1) is 25.8. The average Bonchev–Trinajstić information content (AvgIpc) is 2.96. The number of nitro groups is 1. The van der Waals surface area contributed by atoms with Crippen molar-refractivity contribution in [2.24, 2.45) is 0 Å². The van der Waals surface area contributed by atoms with Gasteiger partial charge in [-0.25, -0.2) is 8.42 Å². The molecule has 2 aliphatic heterocycles. The van der Waals surface area contributed by atoms with Crippen molar-refractivity contribution in [1.29, 1.82) is 0 Å². The lowest BCUT2D eigenvalue weighted by Crippen LogP contribution is -2.48. The number of benzene rings is 3. The second-order valence-corrected chi connectivity index (χ2v) is 11.2. The first-order valence-corrected chi connectivity index (χ1v) is 13.8. The largest absolute Gasteiger partial charge is 0.493 e. The summed E-state index contributed by atoms with van der Waals surface area (Å²) in [5.74, 6) is 0.813. The predicted octanol–water partition coefficient (Wildman–Crippen LogP) is 3.69. The highest BCUT2D eigenvalue weighted by Gasteiger charge is 2.31. The Kier molecular flexibility index (Phi) is 7.13. The molecule has 2 heterocycles. The van der Waals surface area contributed by atoms with E-state index in [4.69, 9.17) is 9.47 Å². The minimum absolute atomic E-state index is 0.0720. The lowest BCUT2D eigenvalue weighted by Gasteiger charge is -2.36. The van der Waals surface area contributed by atoms with E-state index >= 15 is 0 Å². The summed E-state index contributed by atoms with van der Waals surface area (Å²) >= 11 is 0. The molecule has 5 rings (SSSR count). The molecule has 0 bridgehead atoms. The van der Waals surface area contributed by atoms with E-state index < -0.39 is 10.0 Å². The van der Waals surface area contributed by atoms with Gasteiger partial charge in [0, 0.05) is 57.1 Å². The standard InChI is InChI=1S/C27H30N4O6S/c1-36-26-10-8-23(18-27(26)37-2)38(34,35)30-15-13-28(14-16-30)22-7-9-24(31(32)33)25(17-22)29-12-11-20-5-3-4-6-21(20)19-29/h3-10,17-18H,11-16,19H2,1-2H3. The van der Waals surface area contributed by atoms with E-state index in [1.165, 1.54) is 41.8 Å². The third-order valence-electron chi connectivity index (χ3n) is 7.22. The molecule has 11 heteroatoms. The summed E-state index contributed by atoms with van der Waals surface area (Å²) in [4.78, 5) is 15.8. The predicted molar refractivity (Wildman–Crippen MR) is 145 cm³/mol. The molecule has 0 amide bonds. The van der Waals surface area contributed by atoms with Crippen LogP contribution in [0.5, 0.6) is 11.5 Å². The van der Waals surface area contributed by atoms with Crippen LogP contribution in [0.15, 0.2) is 65.6 Å². The van der Waals surface area contributed by atoms with E-state index in [1.54, 1.807) is 18.2 Å². The Hall–Kier alpha value is -3.83. The highest BCUT2D eigenvalue weighted by atomic mass is 32.2. The highest BCUT2D eigenvalue weighted by molar-refractivity contribution is 7.89. The molecule has 200 valence electrons. The fourth-order valence-electron chi connectivity index (χ4n) is 5.13. The van der Waals surface area contributed by atoms with Crippen LogP contribution in [0.4, 0.5) is 17.1 Å². The van der Waals surface area contributed by atoms with Crippen molar-refractivity contribution in [1.82, 2.24) is 4.31 Å². The third kappa shape index (κ3) is 4.86. The van der Waals surface area contributed by atoms with Crippen LogP contribution in [0.3, 0.4) is 0 Å². The van der Waals surface area contributed by atoms with E-state index in [9.17, 15) is 18.5 Å². The molecule has 0 unspecified atom stereocenters. The molecule has 0 saturated carbocycles. The van der Waals surface area contributed by atoms with Gasteiger partial charge in [0.15, 0.2) is 11.5 Å². The van der Waals surface area contributed by atoms with Gasteiger partial charge in [0.1, 0.15) is 5.69 Å². The maximum absolute atomic E-state index is 13.3. The number of nitrogens with zero attached hydrogens (tertiary/aromatic N) is 4. The van der Waals surface area contributed by atoms with Crippen LogP contribution in [0.2, 0.25) is 0 Å². The van der Waals surface area contributed by atoms with Crippen molar-refractivity contribution in [2.75, 3.05) is 56.7 Å². The molecular formula is C27H30N4O6S. The summed E-state index contributed by atoms with van der Waals surface area (Å²) in [6, 6.07) is 17.9. The van der Waals surface area contributed by atoms with E-state index in [-0.39, 0.29) is 15.5 Å². The number of ether oxygens (including phenoxy) is 2. The molecule has 0 aliphatic carbocycles. The van der Waals surface area contributed by atoms with Crippen LogP contribution >= 0.6 is 0 Å². The molecule has 38 heavy (non-hydrogen) atoms. The van der Waals surface area contributed by atoms with Crippen molar-refractivity contribution in [3.05, 3.63) is 81.9 Å². The van der Waals surface area contributed by atoms with E-state index in [0.29, 0.717) is 56.5 Å². The Morgan fingerprint density at radius 2 is 1.53 bits per heavy atom. The van der Waals surface area contributed by atoms with Gasteiger partial charge >= 0.3 is 0 Å². The van der Waals surface area contributed by atoms with Crippen LogP contribution in [-0.2, 0) is 23.0 Å². The van der Waals surface area contributed by atoms with Crippen LogP contribution in [0.1, 0.15) is 11.1 Å². The van der Waals surface area contributed by atoms with Crippen LogP contribution < -0.4 is 19.3 Å². The van der Waals surface area contributed by atoms with Crippen molar-refractivity contribution < 1.29 is 22.8 Å². The summed E-state index contributed by atoms with van der Waals surface area (Å²) in [6.07, 6.45) is 0.824. The lowest BCUT2D eigenvalue weighted by molar-refractivity contribution is -0.384. The van der Waals surface area contributed by atoms with Gasteiger partial charge in [-0.3, -0.25) is 10.1 Å². The quantitative estimate of drug-likeness (QED) is 0.331. The zero-order valence-corrected chi connectivity index (χ0v) is 22.2. The number of sulfonamides is 1. The number of rotatable bonds is 7. The molecule has 10 nitrogen and oxygen atoms in total. The van der Waals surface area contributed by atoms with Gasteiger partial charge in [-0.1, -0.05) is 24.3 Å². The van der Waals surface area contributed by atoms with Crippen molar-refractivity contribution >= 4 is 27.1 Å². The summed E-state index contributed by atoms with van der Waals surface area (Å²) in [6.45, 7) is 2.82. The molecule has 0 N–H and O–H groups in total. The minimum atomic E-state index is -3.72. The average molecular weight is 539 g/mol. The molecule has 1 saturated heterocycles. The number of hydrogen-bond donors (Lipinski definition) is 0. The van der Waals surface area contributed by atoms with Crippen LogP contribution in [0, 0.1) is 10.1 Å². The van der Waals surface area contributed by atoms with Gasteiger partial charge in [0.2, 0.25) is 10.0 Å². The van der Waals surface area contributed by atoms with Crippen molar-refractivity contribution in [3.8, 4) is 11.5 Å². The molecule has 3 aromatic carbocycles. The molecule has 0 atom stereocenters. The van der Waals surface area contributed by atoms with Gasteiger partial charge in [0.25, 0.3) is 5.69 Å². The first-order chi connectivity index (χ1) is 18.3. The second kappa shape index (κ2) is 10.5. The Morgan fingerprint density at radius 1 is 0.816 bits per heavy atom. The molecule has 2 aliphatic rings. The number of fused-ring (bicyclic) bond motifs is 1. The summed E-state index contributed by atoms with van der Waals surface area (Å²) in [7, 11) is -0.758. The smallest absolute Gasteiger partial charge is 0.292 e. The van der Waals surface area contributed by atoms with Crippen molar-refractivity contribution in [3.63, 3.8) is 0 Å². The van der Waals surface area contributed by atoms with Gasteiger partial charge in [-0.2, -0.15) is 4.31 Å². The number of piperazine rings is 1. The van der Waals surface area contributed by atoms with E-state index in [1.807, 2.05) is 18.2 Å². The maximum atomic E-state index is 13.3. The molecular weight excluding hydrogens is 508 g/mol. The van der Waals surface area contributed by atoms with Crippen molar-refractivity contribution in [2.45, 2.75) is 17.9 Å². The lowest BCUT2D eigenvalue weighted by atomic mass is 9.99. The normalized spacial score (nSPS) is 16.2. The molecule has 1 fully saturated rings. The number of anilines is 2. The number of nitro benzene ring substituents is 1. The Bertz CT molecular complexity index is 1450. The summed E-state index contributed by atoms with van der Waals surface area (Å²) in [5, 5.41) is 11.8. The first-order valence-electron chi connectivity index (χ1n) is 12.4. The Labute approximate surface area is 222 Å². The minimum Gasteiger partial charge on any atom is -0.493 e. The van der Waals surface area contributed by atoms with Gasteiger partial charge in [-0.05, 0) is 41.8 Å². The summed E-state index contributed by atoms with van der Waals surface area (Å²) < 4.78 is 38.6. The SMILES string of the molecule is COc1ccc(S(=O)(=O)N2CCN(c3ccc([N+](=O)[O-])c(N4CCc5ccccc5C4)c3)CC2)cc1OC. The van der Waals surface area contributed by atoms with Gasteiger partial charge in [-0.15, -0.1) is 0 Å². The molecule has 0 radical (unpaired) electrons.